The monoisotopic (exact) mass is 164 g/mol. The van der Waals surface area contributed by atoms with Crippen LogP contribution in [0.2, 0.25) is 0 Å². The van der Waals surface area contributed by atoms with E-state index in [2.05, 4.69) is 11.4 Å². The highest BCUT2D eigenvalue weighted by molar-refractivity contribution is 4.98. The smallest absolute Gasteiger partial charge is 0.0455 e. The molecule has 1 heteroatoms. The average Bonchev–Trinajstić information content (AvgIpc) is 2.48. The first kappa shape index (κ1) is 8.15. The molecular formula is C11H18N. The molecule has 0 amide bonds. The molecule has 1 aliphatic heterocycles. The van der Waals surface area contributed by atoms with Crippen molar-refractivity contribution in [1.29, 1.82) is 0 Å². The maximum atomic E-state index is 4.29. The van der Waals surface area contributed by atoms with Crippen molar-refractivity contribution in [2.24, 2.45) is 11.8 Å². The van der Waals surface area contributed by atoms with Crippen molar-refractivity contribution in [3.05, 3.63) is 12.3 Å². The Kier molecular flexibility index (Phi) is 2.70. The van der Waals surface area contributed by atoms with Crippen LogP contribution in [0.1, 0.15) is 38.5 Å². The van der Waals surface area contributed by atoms with Crippen molar-refractivity contribution in [2.45, 2.75) is 38.5 Å². The minimum absolute atomic E-state index is 0.795. The molecule has 0 saturated heterocycles. The number of rotatable bonds is 1. The van der Waals surface area contributed by atoms with E-state index in [1.807, 2.05) is 6.20 Å². The van der Waals surface area contributed by atoms with Gasteiger partial charge in [0.1, 0.15) is 0 Å². The molecule has 1 fully saturated rings. The maximum Gasteiger partial charge on any atom is 0.0455 e. The Bertz CT molecular complexity index is 154. The Morgan fingerprint density at radius 3 is 2.33 bits per heavy atom. The lowest BCUT2D eigenvalue weighted by Gasteiger charge is -2.18. The lowest BCUT2D eigenvalue weighted by atomic mass is 9.87. The number of nitrogens with zero attached hydrogens (tertiary/aromatic N) is 1. The highest BCUT2D eigenvalue weighted by Gasteiger charge is 2.22. The molecule has 1 aliphatic carbocycles. The summed E-state index contributed by atoms with van der Waals surface area (Å²) in [6.07, 6.45) is 13.1. The van der Waals surface area contributed by atoms with Gasteiger partial charge in [-0.05, 0) is 18.8 Å². The third-order valence-corrected chi connectivity index (χ3v) is 3.26. The normalized spacial score (nSPS) is 31.5. The van der Waals surface area contributed by atoms with E-state index in [9.17, 15) is 0 Å². The van der Waals surface area contributed by atoms with Crippen LogP contribution in [0.15, 0.2) is 12.3 Å². The fraction of sp³-hybridized carbons (Fsp3) is 0.818. The van der Waals surface area contributed by atoms with Gasteiger partial charge in [-0.2, -0.15) is 0 Å². The summed E-state index contributed by atoms with van der Waals surface area (Å²) in [5.41, 5.74) is 0. The van der Waals surface area contributed by atoms with Gasteiger partial charge < -0.3 is 0 Å². The van der Waals surface area contributed by atoms with Gasteiger partial charge in [-0.15, -0.1) is 0 Å². The SMILES string of the molecule is C1=CC(C2CCCCCC2)C[N]1. The van der Waals surface area contributed by atoms with Crippen LogP contribution in [0.5, 0.6) is 0 Å². The molecule has 0 aromatic rings. The second-order valence-corrected chi connectivity index (χ2v) is 4.12. The van der Waals surface area contributed by atoms with Crippen molar-refractivity contribution in [3.8, 4) is 0 Å². The summed E-state index contributed by atoms with van der Waals surface area (Å²) in [4.78, 5) is 0. The van der Waals surface area contributed by atoms with Gasteiger partial charge in [0, 0.05) is 18.7 Å². The van der Waals surface area contributed by atoms with Crippen LogP contribution in [0.4, 0.5) is 0 Å². The predicted octanol–water partition coefficient (Wildman–Crippen LogP) is 2.70. The van der Waals surface area contributed by atoms with E-state index in [0.717, 1.165) is 18.4 Å². The Labute approximate surface area is 75.2 Å². The van der Waals surface area contributed by atoms with Crippen molar-refractivity contribution >= 4 is 0 Å². The molecular weight excluding hydrogens is 146 g/mol. The van der Waals surface area contributed by atoms with Crippen LogP contribution in [-0.2, 0) is 0 Å². The van der Waals surface area contributed by atoms with Crippen molar-refractivity contribution in [1.82, 2.24) is 5.32 Å². The highest BCUT2D eigenvalue weighted by atomic mass is 14.9. The molecule has 0 aromatic heterocycles. The molecule has 2 rings (SSSR count). The van der Waals surface area contributed by atoms with Crippen LogP contribution >= 0.6 is 0 Å². The third-order valence-electron chi connectivity index (χ3n) is 3.26. The largest absolute Gasteiger partial charge is 0.293 e. The molecule has 0 spiro atoms. The first-order valence-electron chi connectivity index (χ1n) is 5.30. The topological polar surface area (TPSA) is 14.1 Å². The number of hydrogen-bond acceptors (Lipinski definition) is 0. The van der Waals surface area contributed by atoms with Gasteiger partial charge in [-0.3, -0.25) is 5.32 Å². The summed E-state index contributed by atoms with van der Waals surface area (Å²) in [6, 6.07) is 0. The molecule has 0 aromatic carbocycles. The standard InChI is InChI=1S/C11H18N/c1-2-4-6-10(5-3-1)11-7-8-12-9-11/h7-8,10-11H,1-6,9H2. The van der Waals surface area contributed by atoms with E-state index in [4.69, 9.17) is 0 Å². The molecule has 0 bridgehead atoms. The zero-order valence-electron chi connectivity index (χ0n) is 7.71. The fourth-order valence-corrected chi connectivity index (χ4v) is 2.46. The molecule has 12 heavy (non-hydrogen) atoms. The average molecular weight is 164 g/mol. The van der Waals surface area contributed by atoms with E-state index >= 15 is 0 Å². The Hall–Kier alpha value is -0.460. The van der Waals surface area contributed by atoms with Crippen molar-refractivity contribution in [3.63, 3.8) is 0 Å². The predicted molar refractivity (Wildman–Crippen MR) is 50.8 cm³/mol. The maximum absolute atomic E-state index is 4.29. The Morgan fingerprint density at radius 1 is 1.00 bits per heavy atom. The van der Waals surface area contributed by atoms with Crippen molar-refractivity contribution < 1.29 is 0 Å². The summed E-state index contributed by atoms with van der Waals surface area (Å²) in [7, 11) is 0. The molecule has 0 N–H and O–H groups in total. The van der Waals surface area contributed by atoms with Gasteiger partial charge in [0.15, 0.2) is 0 Å². The van der Waals surface area contributed by atoms with E-state index in [1.54, 1.807) is 0 Å². The van der Waals surface area contributed by atoms with Gasteiger partial charge >= 0.3 is 0 Å². The molecule has 67 valence electrons. The van der Waals surface area contributed by atoms with E-state index in [0.29, 0.717) is 0 Å². The van der Waals surface area contributed by atoms with Crippen LogP contribution in [0.3, 0.4) is 0 Å². The summed E-state index contributed by atoms with van der Waals surface area (Å²) < 4.78 is 0. The summed E-state index contributed by atoms with van der Waals surface area (Å²) >= 11 is 0. The van der Waals surface area contributed by atoms with Crippen LogP contribution in [0.25, 0.3) is 0 Å². The molecule has 1 nitrogen and oxygen atoms in total. The lowest BCUT2D eigenvalue weighted by Crippen LogP contribution is -2.15. The zero-order valence-corrected chi connectivity index (χ0v) is 7.71. The van der Waals surface area contributed by atoms with Crippen LogP contribution in [0, 0.1) is 11.8 Å². The fourth-order valence-electron chi connectivity index (χ4n) is 2.46. The van der Waals surface area contributed by atoms with Crippen molar-refractivity contribution in [2.75, 3.05) is 6.54 Å². The van der Waals surface area contributed by atoms with Gasteiger partial charge in [-0.1, -0.05) is 31.8 Å². The summed E-state index contributed by atoms with van der Waals surface area (Å²) in [6.45, 7) is 1.07. The molecule has 1 heterocycles. The van der Waals surface area contributed by atoms with Gasteiger partial charge in [0.2, 0.25) is 0 Å². The van der Waals surface area contributed by atoms with Crippen LogP contribution < -0.4 is 5.32 Å². The van der Waals surface area contributed by atoms with Gasteiger partial charge in [0.25, 0.3) is 0 Å². The minimum atomic E-state index is 0.795. The first-order chi connectivity index (χ1) is 5.97. The third kappa shape index (κ3) is 1.82. The molecule has 1 radical (unpaired) electrons. The second-order valence-electron chi connectivity index (χ2n) is 4.12. The Balaban J connectivity index is 1.87. The van der Waals surface area contributed by atoms with E-state index in [1.165, 1.54) is 38.5 Å². The summed E-state index contributed by atoms with van der Waals surface area (Å²) in [5.74, 6) is 1.75. The van der Waals surface area contributed by atoms with Gasteiger partial charge in [0.05, 0.1) is 0 Å². The highest BCUT2D eigenvalue weighted by Crippen LogP contribution is 2.30. The molecule has 1 atom stereocenters. The molecule has 1 unspecified atom stereocenters. The summed E-state index contributed by atoms with van der Waals surface area (Å²) in [5, 5.41) is 4.29. The van der Waals surface area contributed by atoms with Gasteiger partial charge in [-0.25, -0.2) is 0 Å². The molecule has 1 saturated carbocycles. The van der Waals surface area contributed by atoms with E-state index in [-0.39, 0.29) is 0 Å². The van der Waals surface area contributed by atoms with Crippen LogP contribution in [-0.4, -0.2) is 6.54 Å². The zero-order chi connectivity index (χ0) is 8.23. The minimum Gasteiger partial charge on any atom is -0.293 e. The quantitative estimate of drug-likeness (QED) is 0.529. The second kappa shape index (κ2) is 3.97. The first-order valence-corrected chi connectivity index (χ1v) is 5.30. The Morgan fingerprint density at radius 2 is 1.75 bits per heavy atom. The lowest BCUT2D eigenvalue weighted by molar-refractivity contribution is 0.358. The van der Waals surface area contributed by atoms with E-state index < -0.39 is 0 Å². The number of hydrogen-bond donors (Lipinski definition) is 0. The molecule has 2 aliphatic rings.